The van der Waals surface area contributed by atoms with Gasteiger partial charge in [-0.15, -0.1) is 0 Å². The van der Waals surface area contributed by atoms with E-state index < -0.39 is 4.92 Å². The summed E-state index contributed by atoms with van der Waals surface area (Å²) in [6.45, 7) is 2.68. The van der Waals surface area contributed by atoms with Crippen molar-refractivity contribution in [2.45, 2.75) is 42.9 Å². The van der Waals surface area contributed by atoms with Crippen LogP contribution in [0.3, 0.4) is 0 Å². The first-order valence-corrected chi connectivity index (χ1v) is 12.8. The smallest absolute Gasteiger partial charge is 0.270 e. The van der Waals surface area contributed by atoms with Gasteiger partial charge in [-0.1, -0.05) is 23.8 Å². The molecule has 1 aliphatic carbocycles. The third-order valence-electron chi connectivity index (χ3n) is 9.74. The number of aliphatic imine (C=N–C) groups is 1. The third kappa shape index (κ3) is 2.56. The molecule has 4 fully saturated rings. The van der Waals surface area contributed by atoms with Crippen LogP contribution in [0, 0.1) is 22.0 Å². The molecule has 36 heavy (non-hydrogen) atoms. The number of nitrogens with zero attached hydrogens (tertiary/aromatic N) is 4. The number of nitro groups is 1. The van der Waals surface area contributed by atoms with Gasteiger partial charge in [0.25, 0.3) is 5.69 Å². The normalized spacial score (nSPS) is 35.6. The number of amides is 1. The molecule has 0 aromatic heterocycles. The fraction of sp³-hybridized carbons (Fsp3) is 0.429. The zero-order valence-corrected chi connectivity index (χ0v) is 19.7. The van der Waals surface area contributed by atoms with Crippen LogP contribution in [0.15, 0.2) is 59.1 Å². The molecule has 2 bridgehead atoms. The van der Waals surface area contributed by atoms with Crippen LogP contribution in [0.1, 0.15) is 30.4 Å². The maximum absolute atomic E-state index is 13.6. The van der Waals surface area contributed by atoms with Crippen LogP contribution in [-0.4, -0.2) is 59.8 Å². The molecule has 8 heteroatoms. The Balaban J connectivity index is 1.25. The van der Waals surface area contributed by atoms with Gasteiger partial charge in [-0.3, -0.25) is 24.8 Å². The van der Waals surface area contributed by atoms with E-state index in [1.165, 1.54) is 23.3 Å². The van der Waals surface area contributed by atoms with Crippen molar-refractivity contribution < 1.29 is 14.5 Å². The van der Waals surface area contributed by atoms with Crippen LogP contribution in [0.4, 0.5) is 17.1 Å². The molecule has 1 amide bonds. The summed E-state index contributed by atoms with van der Waals surface area (Å²) < 4.78 is 6.32. The van der Waals surface area contributed by atoms with Crippen molar-refractivity contribution in [2.75, 3.05) is 24.6 Å². The predicted molar refractivity (Wildman–Crippen MR) is 134 cm³/mol. The number of non-ortho nitro benzene ring substituents is 1. The zero-order chi connectivity index (χ0) is 24.2. The number of ether oxygens (including phenoxy) is 1. The molecule has 5 heterocycles. The van der Waals surface area contributed by atoms with E-state index in [1.54, 1.807) is 12.3 Å². The Morgan fingerprint density at radius 2 is 2.14 bits per heavy atom. The Labute approximate surface area is 208 Å². The highest BCUT2D eigenvalue weighted by Crippen LogP contribution is 2.66. The molecule has 8 rings (SSSR count). The highest BCUT2D eigenvalue weighted by molar-refractivity contribution is 5.99. The lowest BCUT2D eigenvalue weighted by Gasteiger charge is -2.58. The van der Waals surface area contributed by atoms with Crippen molar-refractivity contribution >= 4 is 29.2 Å². The fourth-order valence-electron chi connectivity index (χ4n) is 8.49. The van der Waals surface area contributed by atoms with Gasteiger partial charge in [-0.05, 0) is 54.6 Å². The monoisotopic (exact) mass is 482 g/mol. The van der Waals surface area contributed by atoms with Crippen molar-refractivity contribution in [2.24, 2.45) is 16.8 Å². The summed E-state index contributed by atoms with van der Waals surface area (Å²) in [6, 6.07) is 13.3. The summed E-state index contributed by atoms with van der Waals surface area (Å²) in [4.78, 5) is 33.8. The van der Waals surface area contributed by atoms with Crippen LogP contribution < -0.4 is 4.90 Å². The van der Waals surface area contributed by atoms with E-state index in [1.807, 2.05) is 12.1 Å². The van der Waals surface area contributed by atoms with Crippen LogP contribution in [0.5, 0.6) is 0 Å². The van der Waals surface area contributed by atoms with E-state index >= 15 is 0 Å². The third-order valence-corrected chi connectivity index (χ3v) is 9.74. The Hall–Kier alpha value is -3.36. The Morgan fingerprint density at radius 3 is 3.03 bits per heavy atom. The van der Waals surface area contributed by atoms with E-state index in [9.17, 15) is 14.9 Å². The molecule has 3 saturated heterocycles. The molecule has 2 aromatic carbocycles. The number of nitro benzene ring substituents is 1. The molecule has 2 aromatic rings. The molecular weight excluding hydrogens is 456 g/mol. The molecule has 8 nitrogen and oxygen atoms in total. The number of benzene rings is 2. The largest absolute Gasteiger partial charge is 0.373 e. The Bertz CT molecular complexity index is 1400. The molecular formula is C28H26N4O4. The van der Waals surface area contributed by atoms with Gasteiger partial charge in [0.2, 0.25) is 5.91 Å². The van der Waals surface area contributed by atoms with E-state index in [0.29, 0.717) is 36.5 Å². The van der Waals surface area contributed by atoms with Gasteiger partial charge in [0.1, 0.15) is 0 Å². The van der Waals surface area contributed by atoms with Crippen molar-refractivity contribution in [3.63, 3.8) is 0 Å². The quantitative estimate of drug-likeness (QED) is 0.288. The number of anilines is 1. The highest BCUT2D eigenvalue weighted by Gasteiger charge is 2.71. The van der Waals surface area contributed by atoms with Gasteiger partial charge in [-0.2, -0.15) is 0 Å². The minimum Gasteiger partial charge on any atom is -0.373 e. The second-order valence-electron chi connectivity index (χ2n) is 11.1. The molecule has 1 spiro atoms. The molecule has 0 radical (unpaired) electrons. The summed E-state index contributed by atoms with van der Waals surface area (Å²) in [7, 11) is 0. The van der Waals surface area contributed by atoms with E-state index in [0.717, 1.165) is 37.3 Å². The van der Waals surface area contributed by atoms with E-state index in [4.69, 9.17) is 9.73 Å². The molecule has 182 valence electrons. The van der Waals surface area contributed by atoms with E-state index in [2.05, 4.69) is 28.0 Å². The summed E-state index contributed by atoms with van der Waals surface area (Å²) in [6.07, 6.45) is 6.60. The number of fused-ring (bicyclic) bond motifs is 2. The van der Waals surface area contributed by atoms with E-state index in [-0.39, 0.29) is 29.2 Å². The highest BCUT2D eigenvalue weighted by atomic mass is 16.6. The average molecular weight is 483 g/mol. The van der Waals surface area contributed by atoms with Gasteiger partial charge in [0, 0.05) is 48.0 Å². The Morgan fingerprint density at radius 1 is 1.22 bits per heavy atom. The van der Waals surface area contributed by atoms with Crippen molar-refractivity contribution in [3.8, 4) is 0 Å². The summed E-state index contributed by atoms with van der Waals surface area (Å²) >= 11 is 0. The molecule has 0 unspecified atom stereocenters. The summed E-state index contributed by atoms with van der Waals surface area (Å²) in [5.74, 6) is 0.998. The number of hydrogen-bond donors (Lipinski definition) is 0. The second-order valence-corrected chi connectivity index (χ2v) is 11.1. The van der Waals surface area contributed by atoms with Gasteiger partial charge in [0.05, 0.1) is 35.8 Å². The average Bonchev–Trinajstić information content (AvgIpc) is 3.35. The molecule has 6 atom stereocenters. The van der Waals surface area contributed by atoms with Gasteiger partial charge in [-0.25, -0.2) is 0 Å². The SMILES string of the molecule is O=C1C[C@@H]2OCC=C3CN4CC[C@]56c7cc(N=Cc8cccc([N+](=O)[O-])c8)ccc7N1[C@@H]5[C@H]2[C@H]3C[C@H]46. The van der Waals surface area contributed by atoms with Crippen LogP contribution >= 0.6 is 0 Å². The molecule has 6 aliphatic rings. The first-order chi connectivity index (χ1) is 17.5. The predicted octanol–water partition coefficient (Wildman–Crippen LogP) is 3.75. The van der Waals surface area contributed by atoms with Gasteiger partial charge < -0.3 is 9.64 Å². The minimum absolute atomic E-state index is 0.0110. The molecule has 0 N–H and O–H groups in total. The molecule has 1 saturated carbocycles. The second kappa shape index (κ2) is 7.11. The lowest BCUT2D eigenvalue weighted by Crippen LogP contribution is -2.69. The summed E-state index contributed by atoms with van der Waals surface area (Å²) in [5, 5.41) is 11.1. The zero-order valence-electron chi connectivity index (χ0n) is 19.7. The van der Waals surface area contributed by atoms with Crippen LogP contribution in [-0.2, 0) is 14.9 Å². The van der Waals surface area contributed by atoms with Crippen molar-refractivity contribution in [3.05, 3.63) is 75.4 Å². The van der Waals surface area contributed by atoms with Gasteiger partial charge >= 0.3 is 0 Å². The lowest BCUT2D eigenvalue weighted by molar-refractivity contribution is -0.384. The van der Waals surface area contributed by atoms with Crippen LogP contribution in [0.25, 0.3) is 0 Å². The van der Waals surface area contributed by atoms with Crippen molar-refractivity contribution in [1.82, 2.24) is 4.90 Å². The standard InChI is InChI=1S/C28H26N4O4/c33-25-13-23-26-20-12-24-28(7-8-30(24)15-17(20)6-9-36-23)21-11-18(4-5-22(21)31(25)27(26)28)29-14-16-2-1-3-19(10-16)32(34)35/h1-6,10-11,14,20,23-24,26-27H,7-9,12-13,15H2/t20-,23-,24-,26-,27+,28+/m0/s1. The van der Waals surface area contributed by atoms with Crippen LogP contribution in [0.2, 0.25) is 0 Å². The minimum atomic E-state index is -0.392. The topological polar surface area (TPSA) is 88.3 Å². The maximum Gasteiger partial charge on any atom is 0.270 e. The number of piperidine rings is 2. The number of hydrogen-bond acceptors (Lipinski definition) is 6. The van der Waals surface area contributed by atoms with Gasteiger partial charge in [0.15, 0.2) is 0 Å². The Kier molecular flexibility index (Phi) is 4.11. The summed E-state index contributed by atoms with van der Waals surface area (Å²) in [5.41, 5.74) is 5.26. The fourth-order valence-corrected chi connectivity index (χ4v) is 8.49. The molecule has 5 aliphatic heterocycles. The first kappa shape index (κ1) is 20.8. The number of carbonyl (C=O) groups is 1. The number of carbonyl (C=O) groups excluding carboxylic acids is 1. The number of rotatable bonds is 3. The maximum atomic E-state index is 13.6. The first-order valence-electron chi connectivity index (χ1n) is 12.8. The van der Waals surface area contributed by atoms with Crippen molar-refractivity contribution in [1.29, 1.82) is 0 Å². The lowest BCUT2D eigenvalue weighted by atomic mass is 9.53.